The lowest BCUT2D eigenvalue weighted by Crippen LogP contribution is -2.37. The van der Waals surface area contributed by atoms with Crippen LogP contribution in [0.4, 0.5) is 4.39 Å². The molecule has 1 aliphatic rings. The van der Waals surface area contributed by atoms with E-state index in [1.165, 1.54) is 12.8 Å². The van der Waals surface area contributed by atoms with Crippen molar-refractivity contribution in [3.8, 4) is 0 Å². The van der Waals surface area contributed by atoms with Crippen molar-refractivity contribution in [3.05, 3.63) is 35.1 Å². The molecular weight excluding hydrogens is 225 g/mol. The van der Waals surface area contributed by atoms with Gasteiger partial charge in [-0.25, -0.2) is 4.39 Å². The molecule has 18 heavy (non-hydrogen) atoms. The molecule has 0 N–H and O–H groups in total. The second-order valence-corrected chi connectivity index (χ2v) is 5.92. The van der Waals surface area contributed by atoms with Crippen LogP contribution in [0.5, 0.6) is 0 Å². The van der Waals surface area contributed by atoms with Crippen LogP contribution in [-0.4, -0.2) is 18.0 Å². The van der Waals surface area contributed by atoms with Gasteiger partial charge in [-0.15, -0.1) is 0 Å². The molecule has 2 rings (SSSR count). The third-order valence-corrected chi connectivity index (χ3v) is 4.22. The number of benzene rings is 1. The molecule has 0 radical (unpaired) electrons. The van der Waals surface area contributed by atoms with E-state index in [1.54, 1.807) is 12.1 Å². The van der Waals surface area contributed by atoms with E-state index in [0.29, 0.717) is 0 Å². The van der Waals surface area contributed by atoms with Crippen LogP contribution in [0.15, 0.2) is 18.2 Å². The molecule has 100 valence electrons. The first-order valence-electron chi connectivity index (χ1n) is 7.04. The summed E-state index contributed by atoms with van der Waals surface area (Å²) in [6, 6.07) is 5.37. The fraction of sp³-hybridized carbons (Fsp3) is 0.625. The Labute approximate surface area is 110 Å². The number of rotatable bonds is 3. The van der Waals surface area contributed by atoms with Crippen LogP contribution >= 0.6 is 0 Å². The maximum Gasteiger partial charge on any atom is 0.127 e. The van der Waals surface area contributed by atoms with Crippen molar-refractivity contribution >= 4 is 0 Å². The number of nitrogens with zero attached hydrogens (tertiary/aromatic N) is 1. The highest BCUT2D eigenvalue weighted by Crippen LogP contribution is 2.25. The van der Waals surface area contributed by atoms with Crippen molar-refractivity contribution in [1.29, 1.82) is 0 Å². The molecule has 1 aromatic carbocycles. The standard InChI is InChI=1S/C16H24FN/c1-12(2)14-7-5-9-18(10-14)11-15-13(3)6-4-8-16(15)17/h4,6,8,12,14H,5,7,9-11H2,1-3H3/t14-/m1/s1. The minimum Gasteiger partial charge on any atom is -0.299 e. The van der Waals surface area contributed by atoms with E-state index in [-0.39, 0.29) is 5.82 Å². The van der Waals surface area contributed by atoms with Gasteiger partial charge >= 0.3 is 0 Å². The van der Waals surface area contributed by atoms with Crippen LogP contribution in [0, 0.1) is 24.6 Å². The van der Waals surface area contributed by atoms with Crippen molar-refractivity contribution in [2.45, 2.75) is 40.2 Å². The van der Waals surface area contributed by atoms with Crippen LogP contribution in [0.3, 0.4) is 0 Å². The van der Waals surface area contributed by atoms with Gasteiger partial charge in [0.1, 0.15) is 5.82 Å². The Morgan fingerprint density at radius 2 is 2.17 bits per heavy atom. The van der Waals surface area contributed by atoms with E-state index < -0.39 is 0 Å². The lowest BCUT2D eigenvalue weighted by atomic mass is 9.87. The Bertz CT molecular complexity index is 380. The van der Waals surface area contributed by atoms with Gasteiger partial charge in [-0.2, -0.15) is 0 Å². The number of hydrogen-bond acceptors (Lipinski definition) is 1. The number of aryl methyl sites for hydroxylation is 1. The molecule has 1 aliphatic heterocycles. The van der Waals surface area contributed by atoms with E-state index in [0.717, 1.165) is 42.6 Å². The molecule has 1 aromatic rings. The van der Waals surface area contributed by atoms with Gasteiger partial charge in [0.2, 0.25) is 0 Å². The minimum atomic E-state index is -0.0540. The van der Waals surface area contributed by atoms with E-state index >= 15 is 0 Å². The first-order valence-corrected chi connectivity index (χ1v) is 7.04. The lowest BCUT2D eigenvalue weighted by Gasteiger charge is -2.35. The van der Waals surface area contributed by atoms with Crippen LogP contribution in [0.1, 0.15) is 37.8 Å². The van der Waals surface area contributed by atoms with E-state index in [4.69, 9.17) is 0 Å². The Kier molecular flexibility index (Phi) is 4.39. The normalized spacial score (nSPS) is 21.5. The zero-order chi connectivity index (χ0) is 13.1. The Balaban J connectivity index is 2.05. The van der Waals surface area contributed by atoms with Gasteiger partial charge in [0.05, 0.1) is 0 Å². The van der Waals surface area contributed by atoms with Crippen LogP contribution in [0.2, 0.25) is 0 Å². The van der Waals surface area contributed by atoms with Crippen molar-refractivity contribution in [2.75, 3.05) is 13.1 Å². The zero-order valence-electron chi connectivity index (χ0n) is 11.7. The topological polar surface area (TPSA) is 3.24 Å². The molecule has 1 fully saturated rings. The predicted octanol–water partition coefficient (Wildman–Crippen LogP) is 4.00. The summed E-state index contributed by atoms with van der Waals surface area (Å²) in [6.45, 7) is 9.58. The Hall–Kier alpha value is -0.890. The first-order chi connectivity index (χ1) is 8.58. The third-order valence-electron chi connectivity index (χ3n) is 4.22. The van der Waals surface area contributed by atoms with Gasteiger partial charge in [-0.3, -0.25) is 4.90 Å². The summed E-state index contributed by atoms with van der Waals surface area (Å²) in [6.07, 6.45) is 2.57. The molecule has 0 aromatic heterocycles. The number of hydrogen-bond donors (Lipinski definition) is 0. The zero-order valence-corrected chi connectivity index (χ0v) is 11.7. The SMILES string of the molecule is Cc1cccc(F)c1CN1CCC[C@@H](C(C)C)C1. The van der Waals surface area contributed by atoms with E-state index in [1.807, 2.05) is 13.0 Å². The summed E-state index contributed by atoms with van der Waals surface area (Å²) < 4.78 is 13.8. The Morgan fingerprint density at radius 1 is 1.39 bits per heavy atom. The molecule has 1 atom stereocenters. The lowest BCUT2D eigenvalue weighted by molar-refractivity contribution is 0.138. The summed E-state index contributed by atoms with van der Waals surface area (Å²) in [5.41, 5.74) is 1.95. The fourth-order valence-corrected chi connectivity index (χ4v) is 2.87. The van der Waals surface area contributed by atoms with Crippen molar-refractivity contribution in [2.24, 2.45) is 11.8 Å². The van der Waals surface area contributed by atoms with Gasteiger partial charge < -0.3 is 0 Å². The van der Waals surface area contributed by atoms with E-state index in [2.05, 4.69) is 18.7 Å². The average Bonchev–Trinajstić information content (AvgIpc) is 2.34. The van der Waals surface area contributed by atoms with Gasteiger partial charge in [-0.1, -0.05) is 26.0 Å². The largest absolute Gasteiger partial charge is 0.299 e. The quantitative estimate of drug-likeness (QED) is 0.782. The minimum absolute atomic E-state index is 0.0540. The van der Waals surface area contributed by atoms with Gasteiger partial charge in [0.15, 0.2) is 0 Å². The molecule has 0 saturated carbocycles. The Morgan fingerprint density at radius 3 is 2.83 bits per heavy atom. The van der Waals surface area contributed by atoms with Crippen LogP contribution in [0.25, 0.3) is 0 Å². The number of piperidine rings is 1. The maximum atomic E-state index is 13.8. The molecule has 0 unspecified atom stereocenters. The molecule has 1 heterocycles. The summed E-state index contributed by atoms with van der Waals surface area (Å²) >= 11 is 0. The summed E-state index contributed by atoms with van der Waals surface area (Å²) in [5.74, 6) is 1.45. The first kappa shape index (κ1) is 13.5. The maximum absolute atomic E-state index is 13.8. The van der Waals surface area contributed by atoms with Gasteiger partial charge in [-0.05, 0) is 49.8 Å². The average molecular weight is 249 g/mol. The summed E-state index contributed by atoms with van der Waals surface area (Å²) in [4.78, 5) is 2.42. The second-order valence-electron chi connectivity index (χ2n) is 5.92. The monoisotopic (exact) mass is 249 g/mol. The second kappa shape index (κ2) is 5.83. The predicted molar refractivity (Wildman–Crippen MR) is 74.0 cm³/mol. The third kappa shape index (κ3) is 3.11. The van der Waals surface area contributed by atoms with Gasteiger partial charge in [0, 0.05) is 18.7 Å². The van der Waals surface area contributed by atoms with Crippen molar-refractivity contribution in [1.82, 2.24) is 4.90 Å². The van der Waals surface area contributed by atoms with Crippen LogP contribution < -0.4 is 0 Å². The molecule has 0 amide bonds. The van der Waals surface area contributed by atoms with Gasteiger partial charge in [0.25, 0.3) is 0 Å². The molecule has 1 nitrogen and oxygen atoms in total. The van der Waals surface area contributed by atoms with E-state index in [9.17, 15) is 4.39 Å². The highest BCUT2D eigenvalue weighted by Gasteiger charge is 2.23. The highest BCUT2D eigenvalue weighted by atomic mass is 19.1. The highest BCUT2D eigenvalue weighted by molar-refractivity contribution is 5.27. The van der Waals surface area contributed by atoms with Crippen LogP contribution in [-0.2, 0) is 6.54 Å². The molecule has 2 heteroatoms. The molecule has 1 saturated heterocycles. The smallest absolute Gasteiger partial charge is 0.127 e. The summed E-state index contributed by atoms with van der Waals surface area (Å²) in [5, 5.41) is 0. The molecule has 0 spiro atoms. The van der Waals surface area contributed by atoms with Crippen molar-refractivity contribution in [3.63, 3.8) is 0 Å². The summed E-state index contributed by atoms with van der Waals surface area (Å²) in [7, 11) is 0. The number of likely N-dealkylation sites (tertiary alicyclic amines) is 1. The molecule has 0 bridgehead atoms. The fourth-order valence-electron chi connectivity index (χ4n) is 2.87. The molecular formula is C16H24FN. The van der Waals surface area contributed by atoms with Crippen molar-refractivity contribution < 1.29 is 4.39 Å². The number of halogens is 1. The molecule has 0 aliphatic carbocycles.